The van der Waals surface area contributed by atoms with E-state index in [-0.39, 0.29) is 5.91 Å². The maximum absolute atomic E-state index is 12.7. The first-order valence-electron chi connectivity index (χ1n) is 4.25. The highest BCUT2D eigenvalue weighted by Gasteiger charge is 2.21. The number of anilines is 1. The lowest BCUT2D eigenvalue weighted by atomic mass is 10.1. The Kier molecular flexibility index (Phi) is 2.86. The van der Waals surface area contributed by atoms with Gasteiger partial charge in [0.05, 0.1) is 5.54 Å². The molecule has 0 aliphatic rings. The van der Waals surface area contributed by atoms with Gasteiger partial charge in [-0.3, -0.25) is 4.79 Å². The van der Waals surface area contributed by atoms with Gasteiger partial charge in [-0.05, 0) is 32.0 Å². The molecule has 0 heterocycles. The Bertz CT molecular complexity index is 344. The summed E-state index contributed by atoms with van der Waals surface area (Å²) in [5, 5.41) is 2.52. The predicted molar refractivity (Wildman–Crippen MR) is 53.3 cm³/mol. The van der Waals surface area contributed by atoms with Crippen molar-refractivity contribution in [2.24, 2.45) is 5.73 Å². The van der Waals surface area contributed by atoms with Crippen molar-refractivity contribution in [1.82, 2.24) is 0 Å². The van der Waals surface area contributed by atoms with Crippen LogP contribution < -0.4 is 11.1 Å². The van der Waals surface area contributed by atoms with Crippen LogP contribution in [-0.2, 0) is 4.79 Å². The number of nitrogens with one attached hydrogen (secondary N) is 1. The molecule has 0 aliphatic heterocycles. The summed E-state index contributed by atoms with van der Waals surface area (Å²) in [5.74, 6) is -0.735. The maximum atomic E-state index is 12.7. The van der Waals surface area contributed by atoms with Crippen LogP contribution in [0.5, 0.6) is 0 Å². The highest BCUT2D eigenvalue weighted by Crippen LogP contribution is 2.10. The van der Waals surface area contributed by atoms with Gasteiger partial charge in [0.15, 0.2) is 0 Å². The molecule has 14 heavy (non-hydrogen) atoms. The average Bonchev–Trinajstić information content (AvgIpc) is 2.02. The highest BCUT2D eigenvalue weighted by molar-refractivity contribution is 5.97. The van der Waals surface area contributed by atoms with Crippen molar-refractivity contribution < 1.29 is 9.18 Å². The Morgan fingerprint density at radius 1 is 1.50 bits per heavy atom. The van der Waals surface area contributed by atoms with Gasteiger partial charge in [0.1, 0.15) is 5.82 Å². The van der Waals surface area contributed by atoms with Crippen LogP contribution in [0.1, 0.15) is 13.8 Å². The highest BCUT2D eigenvalue weighted by atomic mass is 19.1. The molecular weight excluding hydrogens is 183 g/mol. The normalized spacial score (nSPS) is 11.1. The van der Waals surface area contributed by atoms with E-state index in [0.29, 0.717) is 5.69 Å². The summed E-state index contributed by atoms with van der Waals surface area (Å²) in [6.45, 7) is 3.17. The standard InChI is InChI=1S/C10H13FN2O/c1-10(2,12)9(14)13-8-5-3-4-7(11)6-8/h3-6H,12H2,1-2H3,(H,13,14). The second kappa shape index (κ2) is 3.75. The number of hydrogen-bond donors (Lipinski definition) is 2. The number of carbonyl (C=O) groups excluding carboxylic acids is 1. The Labute approximate surface area is 82.1 Å². The zero-order chi connectivity index (χ0) is 10.8. The second-order valence-electron chi connectivity index (χ2n) is 3.69. The lowest BCUT2D eigenvalue weighted by Crippen LogP contribution is -2.45. The molecule has 3 N–H and O–H groups in total. The fraction of sp³-hybridized carbons (Fsp3) is 0.300. The van der Waals surface area contributed by atoms with Crippen molar-refractivity contribution in [1.29, 1.82) is 0 Å². The average molecular weight is 196 g/mol. The minimum absolute atomic E-state index is 0.344. The Morgan fingerprint density at radius 2 is 2.14 bits per heavy atom. The van der Waals surface area contributed by atoms with Crippen molar-refractivity contribution in [3.05, 3.63) is 30.1 Å². The molecule has 1 aromatic carbocycles. The molecule has 0 saturated heterocycles. The molecule has 0 spiro atoms. The van der Waals surface area contributed by atoms with Crippen LogP contribution in [0.4, 0.5) is 10.1 Å². The van der Waals surface area contributed by atoms with Gasteiger partial charge in [0, 0.05) is 5.69 Å². The Morgan fingerprint density at radius 3 is 2.64 bits per heavy atom. The van der Waals surface area contributed by atoms with Crippen LogP contribution in [0, 0.1) is 5.82 Å². The first-order valence-corrected chi connectivity index (χ1v) is 4.25. The van der Waals surface area contributed by atoms with Crippen molar-refractivity contribution in [2.45, 2.75) is 19.4 Å². The molecule has 1 aromatic rings. The number of amides is 1. The zero-order valence-corrected chi connectivity index (χ0v) is 8.17. The molecule has 1 amide bonds. The summed E-state index contributed by atoms with van der Waals surface area (Å²) in [6.07, 6.45) is 0. The molecule has 0 aromatic heterocycles. The molecule has 76 valence electrons. The van der Waals surface area contributed by atoms with Crippen molar-refractivity contribution in [2.75, 3.05) is 5.32 Å². The summed E-state index contributed by atoms with van der Waals surface area (Å²) >= 11 is 0. The van der Waals surface area contributed by atoms with E-state index in [4.69, 9.17) is 5.73 Å². The lowest BCUT2D eigenvalue weighted by molar-refractivity contribution is -0.120. The first-order chi connectivity index (χ1) is 6.39. The number of hydrogen-bond acceptors (Lipinski definition) is 2. The van der Waals surface area contributed by atoms with Crippen LogP contribution in [0.3, 0.4) is 0 Å². The summed E-state index contributed by atoms with van der Waals surface area (Å²) < 4.78 is 12.7. The molecule has 0 bridgehead atoms. The topological polar surface area (TPSA) is 55.1 Å². The molecule has 0 radical (unpaired) electrons. The molecular formula is C10H13FN2O. The van der Waals surface area contributed by atoms with E-state index in [1.807, 2.05) is 0 Å². The Balaban J connectivity index is 2.75. The minimum Gasteiger partial charge on any atom is -0.324 e. The second-order valence-corrected chi connectivity index (χ2v) is 3.69. The Hall–Kier alpha value is -1.42. The van der Waals surface area contributed by atoms with Crippen LogP contribution in [0.25, 0.3) is 0 Å². The van der Waals surface area contributed by atoms with Gasteiger partial charge in [0.2, 0.25) is 5.91 Å². The molecule has 0 aliphatic carbocycles. The van der Waals surface area contributed by atoms with Gasteiger partial charge >= 0.3 is 0 Å². The number of rotatable bonds is 2. The van der Waals surface area contributed by atoms with E-state index < -0.39 is 11.4 Å². The summed E-state index contributed by atoms with van der Waals surface area (Å²) in [4.78, 5) is 11.4. The van der Waals surface area contributed by atoms with Crippen molar-refractivity contribution in [3.63, 3.8) is 0 Å². The van der Waals surface area contributed by atoms with E-state index in [9.17, 15) is 9.18 Å². The van der Waals surface area contributed by atoms with Gasteiger partial charge in [-0.1, -0.05) is 6.07 Å². The molecule has 0 fully saturated rings. The largest absolute Gasteiger partial charge is 0.324 e. The van der Waals surface area contributed by atoms with Crippen molar-refractivity contribution >= 4 is 11.6 Å². The summed E-state index contributed by atoms with van der Waals surface area (Å²) in [7, 11) is 0. The number of nitrogens with two attached hydrogens (primary N) is 1. The summed E-state index contributed by atoms with van der Waals surface area (Å²) in [5.41, 5.74) is 5.00. The van der Waals surface area contributed by atoms with Crippen molar-refractivity contribution in [3.8, 4) is 0 Å². The van der Waals surface area contributed by atoms with Crippen LogP contribution in [0.15, 0.2) is 24.3 Å². The third kappa shape index (κ3) is 2.81. The maximum Gasteiger partial charge on any atom is 0.243 e. The smallest absolute Gasteiger partial charge is 0.243 e. The third-order valence-electron chi connectivity index (χ3n) is 1.67. The van der Waals surface area contributed by atoms with E-state index >= 15 is 0 Å². The molecule has 4 heteroatoms. The number of benzene rings is 1. The van der Waals surface area contributed by atoms with E-state index in [2.05, 4.69) is 5.32 Å². The van der Waals surface area contributed by atoms with Gasteiger partial charge < -0.3 is 11.1 Å². The van der Waals surface area contributed by atoms with Gasteiger partial charge in [-0.15, -0.1) is 0 Å². The number of halogens is 1. The van der Waals surface area contributed by atoms with E-state index in [1.54, 1.807) is 19.9 Å². The van der Waals surface area contributed by atoms with E-state index in [1.165, 1.54) is 18.2 Å². The first kappa shape index (κ1) is 10.7. The van der Waals surface area contributed by atoms with E-state index in [0.717, 1.165) is 0 Å². The lowest BCUT2D eigenvalue weighted by Gasteiger charge is -2.17. The zero-order valence-electron chi connectivity index (χ0n) is 8.17. The molecule has 0 saturated carbocycles. The van der Waals surface area contributed by atoms with Crippen LogP contribution >= 0.6 is 0 Å². The monoisotopic (exact) mass is 196 g/mol. The minimum atomic E-state index is -0.966. The fourth-order valence-corrected chi connectivity index (χ4v) is 0.858. The summed E-state index contributed by atoms with van der Waals surface area (Å²) in [6, 6.07) is 5.67. The van der Waals surface area contributed by atoms with Gasteiger partial charge in [-0.25, -0.2) is 4.39 Å². The quantitative estimate of drug-likeness (QED) is 0.753. The number of carbonyl (C=O) groups is 1. The van der Waals surface area contributed by atoms with Gasteiger partial charge in [-0.2, -0.15) is 0 Å². The molecule has 0 unspecified atom stereocenters. The fourth-order valence-electron chi connectivity index (χ4n) is 0.858. The molecule has 1 rings (SSSR count). The SMILES string of the molecule is CC(C)(N)C(=O)Nc1cccc(F)c1. The van der Waals surface area contributed by atoms with Crippen LogP contribution in [-0.4, -0.2) is 11.4 Å². The third-order valence-corrected chi connectivity index (χ3v) is 1.67. The predicted octanol–water partition coefficient (Wildman–Crippen LogP) is 1.50. The van der Waals surface area contributed by atoms with Crippen LogP contribution in [0.2, 0.25) is 0 Å². The van der Waals surface area contributed by atoms with Gasteiger partial charge in [0.25, 0.3) is 0 Å². The molecule has 0 atom stereocenters. The molecule has 3 nitrogen and oxygen atoms in total.